The third-order valence-electron chi connectivity index (χ3n) is 5.04. The first-order valence-corrected chi connectivity index (χ1v) is 10.00. The first-order valence-electron chi connectivity index (χ1n) is 9.12. The first-order chi connectivity index (χ1) is 12.1. The number of rotatable bonds is 5. The first kappa shape index (κ1) is 16.6. The molecule has 1 aromatic heterocycles. The van der Waals surface area contributed by atoms with Crippen LogP contribution in [0.5, 0.6) is 0 Å². The molecular weight excluding hydrogens is 334 g/mol. The van der Waals surface area contributed by atoms with Crippen LogP contribution in [-0.4, -0.2) is 26.8 Å². The van der Waals surface area contributed by atoms with Gasteiger partial charge in [-0.2, -0.15) is 0 Å². The van der Waals surface area contributed by atoms with Crippen LogP contribution in [-0.2, 0) is 4.79 Å². The molecule has 0 saturated heterocycles. The molecule has 0 spiro atoms. The number of thioether (sulfide) groups is 1. The van der Waals surface area contributed by atoms with Crippen LogP contribution in [0, 0.1) is 0 Å². The molecule has 1 amide bonds. The molecular formula is C19H23N3O2S. The summed E-state index contributed by atoms with van der Waals surface area (Å²) in [5.41, 5.74) is 0.717. The fourth-order valence-electron chi connectivity index (χ4n) is 3.46. The lowest BCUT2D eigenvalue weighted by molar-refractivity contribution is -0.120. The summed E-state index contributed by atoms with van der Waals surface area (Å²) < 4.78 is 1.80. The van der Waals surface area contributed by atoms with Gasteiger partial charge in [-0.25, -0.2) is 4.98 Å². The molecule has 2 aliphatic rings. The maximum absolute atomic E-state index is 12.9. The molecule has 0 bridgehead atoms. The summed E-state index contributed by atoms with van der Waals surface area (Å²) in [6, 6.07) is 7.99. The number of carbonyl (C=O) groups excluding carboxylic acids is 1. The van der Waals surface area contributed by atoms with E-state index in [1.165, 1.54) is 24.6 Å². The average molecular weight is 357 g/mol. The van der Waals surface area contributed by atoms with Gasteiger partial charge in [-0.1, -0.05) is 36.7 Å². The smallest absolute Gasteiger partial charge is 0.262 e. The monoisotopic (exact) mass is 357 g/mol. The van der Waals surface area contributed by atoms with Crippen molar-refractivity contribution in [2.45, 2.75) is 67.9 Å². The lowest BCUT2D eigenvalue weighted by atomic mass is 10.2. The minimum atomic E-state index is -0.265. The van der Waals surface area contributed by atoms with E-state index in [-0.39, 0.29) is 22.8 Å². The van der Waals surface area contributed by atoms with Gasteiger partial charge < -0.3 is 5.32 Å². The van der Waals surface area contributed by atoms with Gasteiger partial charge in [0.25, 0.3) is 5.56 Å². The third-order valence-corrected chi connectivity index (χ3v) is 6.11. The predicted octanol–water partition coefficient (Wildman–Crippen LogP) is 3.27. The number of hydrogen-bond acceptors (Lipinski definition) is 4. The van der Waals surface area contributed by atoms with E-state index in [1.54, 1.807) is 4.57 Å². The number of aromatic nitrogens is 2. The van der Waals surface area contributed by atoms with Gasteiger partial charge in [0.2, 0.25) is 5.91 Å². The summed E-state index contributed by atoms with van der Waals surface area (Å²) in [5.74, 6) is 0.0432. The molecule has 2 fully saturated rings. The van der Waals surface area contributed by atoms with E-state index >= 15 is 0 Å². The number of para-hydroxylation sites is 1. The van der Waals surface area contributed by atoms with Crippen molar-refractivity contribution in [1.82, 2.24) is 14.9 Å². The van der Waals surface area contributed by atoms with E-state index in [4.69, 9.17) is 4.98 Å². The highest BCUT2D eigenvalue weighted by molar-refractivity contribution is 8.00. The maximum Gasteiger partial charge on any atom is 0.262 e. The van der Waals surface area contributed by atoms with Crippen LogP contribution in [0.2, 0.25) is 0 Å². The van der Waals surface area contributed by atoms with Gasteiger partial charge in [0.05, 0.1) is 16.2 Å². The van der Waals surface area contributed by atoms with E-state index in [0.29, 0.717) is 22.1 Å². The molecule has 2 aromatic rings. The van der Waals surface area contributed by atoms with Gasteiger partial charge in [-0.3, -0.25) is 14.2 Å². The number of nitrogens with one attached hydrogen (secondary N) is 1. The molecule has 0 aliphatic heterocycles. The Morgan fingerprint density at radius 3 is 2.68 bits per heavy atom. The maximum atomic E-state index is 12.9. The van der Waals surface area contributed by atoms with Crippen LogP contribution in [0.3, 0.4) is 0 Å². The Kier molecular flexibility index (Phi) is 4.54. The highest BCUT2D eigenvalue weighted by Gasteiger charge is 2.30. The normalized spacial score (nSPS) is 19.2. The van der Waals surface area contributed by atoms with Crippen LogP contribution in [0.15, 0.2) is 34.2 Å². The second-order valence-corrected chi connectivity index (χ2v) is 8.38. The van der Waals surface area contributed by atoms with E-state index < -0.39 is 0 Å². The van der Waals surface area contributed by atoms with Crippen molar-refractivity contribution in [2.24, 2.45) is 0 Å². The largest absolute Gasteiger partial charge is 0.352 e. The van der Waals surface area contributed by atoms with Crippen LogP contribution in [0.25, 0.3) is 10.9 Å². The minimum absolute atomic E-state index is 0.0130. The molecule has 1 N–H and O–H groups in total. The Balaban J connectivity index is 1.60. The molecule has 4 rings (SSSR count). The Bertz CT molecular complexity index is 853. The molecule has 1 heterocycles. The number of nitrogens with zero attached hydrogens (tertiary/aromatic N) is 2. The summed E-state index contributed by atoms with van der Waals surface area (Å²) >= 11 is 1.40. The van der Waals surface area contributed by atoms with Gasteiger partial charge in [0, 0.05) is 12.1 Å². The highest BCUT2D eigenvalue weighted by atomic mass is 32.2. The molecule has 1 atom stereocenters. The zero-order valence-corrected chi connectivity index (χ0v) is 15.2. The minimum Gasteiger partial charge on any atom is -0.352 e. The molecule has 1 aromatic carbocycles. The van der Waals surface area contributed by atoms with Gasteiger partial charge in [-0.15, -0.1) is 0 Å². The Hall–Kier alpha value is -1.82. The lowest BCUT2D eigenvalue weighted by Gasteiger charge is -2.18. The zero-order chi connectivity index (χ0) is 17.4. The van der Waals surface area contributed by atoms with Gasteiger partial charge in [-0.05, 0) is 44.7 Å². The molecule has 6 heteroatoms. The van der Waals surface area contributed by atoms with Crippen molar-refractivity contribution in [3.05, 3.63) is 34.6 Å². The number of amides is 1. The fraction of sp³-hybridized carbons (Fsp3) is 0.526. The Morgan fingerprint density at radius 1 is 1.24 bits per heavy atom. The number of carbonyl (C=O) groups is 1. The summed E-state index contributed by atoms with van der Waals surface area (Å²) in [5, 5.41) is 4.20. The van der Waals surface area contributed by atoms with Crippen LogP contribution >= 0.6 is 11.8 Å². The molecule has 25 heavy (non-hydrogen) atoms. The van der Waals surface area contributed by atoms with E-state index in [0.717, 1.165) is 25.7 Å². The van der Waals surface area contributed by atoms with Crippen molar-refractivity contribution in [3.8, 4) is 0 Å². The number of benzene rings is 1. The van der Waals surface area contributed by atoms with Gasteiger partial charge in [0.15, 0.2) is 5.16 Å². The van der Waals surface area contributed by atoms with Crippen LogP contribution in [0.4, 0.5) is 0 Å². The summed E-state index contributed by atoms with van der Waals surface area (Å²) in [6.07, 6.45) is 6.56. The Morgan fingerprint density at radius 2 is 1.96 bits per heavy atom. The van der Waals surface area contributed by atoms with E-state index in [9.17, 15) is 9.59 Å². The molecule has 5 nitrogen and oxygen atoms in total. The number of hydrogen-bond donors (Lipinski definition) is 1. The van der Waals surface area contributed by atoms with Gasteiger partial charge >= 0.3 is 0 Å². The summed E-state index contributed by atoms with van der Waals surface area (Å²) in [4.78, 5) is 30.1. The highest BCUT2D eigenvalue weighted by Crippen LogP contribution is 2.37. The quantitative estimate of drug-likeness (QED) is 0.659. The zero-order valence-electron chi connectivity index (χ0n) is 14.4. The molecule has 2 saturated carbocycles. The van der Waals surface area contributed by atoms with Gasteiger partial charge in [0.1, 0.15) is 0 Å². The molecule has 132 valence electrons. The van der Waals surface area contributed by atoms with Crippen molar-refractivity contribution in [2.75, 3.05) is 0 Å². The summed E-state index contributed by atoms with van der Waals surface area (Å²) in [7, 11) is 0. The Labute approximate surface area is 151 Å². The standard InChI is InChI=1S/C19H23N3O2S/c1-12(17(23)20-13-6-2-3-7-13)25-19-21-16-9-5-4-8-15(16)18(24)22(19)14-10-11-14/h4-5,8-9,12-14H,2-3,6-7,10-11H2,1H3,(H,20,23). The van der Waals surface area contributed by atoms with Crippen molar-refractivity contribution >= 4 is 28.6 Å². The number of fused-ring (bicyclic) bond motifs is 1. The topological polar surface area (TPSA) is 64.0 Å². The van der Waals surface area contributed by atoms with Crippen LogP contribution < -0.4 is 10.9 Å². The second kappa shape index (κ2) is 6.83. The van der Waals surface area contributed by atoms with Crippen molar-refractivity contribution in [3.63, 3.8) is 0 Å². The second-order valence-electron chi connectivity index (χ2n) is 7.07. The van der Waals surface area contributed by atoms with Crippen LogP contribution in [0.1, 0.15) is 51.5 Å². The third kappa shape index (κ3) is 3.45. The van der Waals surface area contributed by atoms with Crippen molar-refractivity contribution in [1.29, 1.82) is 0 Å². The van der Waals surface area contributed by atoms with E-state index in [1.807, 2.05) is 31.2 Å². The lowest BCUT2D eigenvalue weighted by Crippen LogP contribution is -2.38. The van der Waals surface area contributed by atoms with E-state index in [2.05, 4.69) is 5.32 Å². The summed E-state index contributed by atoms with van der Waals surface area (Å²) in [6.45, 7) is 1.90. The molecule has 1 unspecified atom stereocenters. The molecule has 0 radical (unpaired) electrons. The predicted molar refractivity (Wildman–Crippen MR) is 100.0 cm³/mol. The SMILES string of the molecule is CC(Sc1nc2ccccc2c(=O)n1C1CC1)C(=O)NC1CCCC1. The molecule has 2 aliphatic carbocycles. The average Bonchev–Trinajstić information content (AvgIpc) is 3.31. The fourth-order valence-corrected chi connectivity index (χ4v) is 4.45. The van der Waals surface area contributed by atoms with Crippen molar-refractivity contribution < 1.29 is 4.79 Å².